The van der Waals surface area contributed by atoms with Gasteiger partial charge in [-0.15, -0.1) is 0 Å². The van der Waals surface area contributed by atoms with Gasteiger partial charge in [-0.25, -0.2) is 0 Å². The highest BCUT2D eigenvalue weighted by molar-refractivity contribution is 4.95. The van der Waals surface area contributed by atoms with Gasteiger partial charge in [0.1, 0.15) is 0 Å². The van der Waals surface area contributed by atoms with E-state index >= 15 is 0 Å². The third-order valence-corrected chi connectivity index (χ3v) is 4.18. The van der Waals surface area contributed by atoms with Crippen molar-refractivity contribution >= 4 is 0 Å². The standard InChI is InChI=1S/C14H28N2O2/c1-3-7-16(8-4-2)13-11-14(6-5-12(13)15)17-9-10-18-14/h12-13H,3-11,15H2,1-2H3. The Bertz CT molecular complexity index is 248. The van der Waals surface area contributed by atoms with Gasteiger partial charge in [0.05, 0.1) is 13.2 Å². The molecule has 0 aromatic heterocycles. The summed E-state index contributed by atoms with van der Waals surface area (Å²) in [5.41, 5.74) is 6.34. The van der Waals surface area contributed by atoms with E-state index in [2.05, 4.69) is 18.7 Å². The maximum absolute atomic E-state index is 6.34. The molecule has 2 atom stereocenters. The number of ether oxygens (including phenoxy) is 2. The molecule has 2 N–H and O–H groups in total. The first-order valence-corrected chi connectivity index (χ1v) is 7.48. The van der Waals surface area contributed by atoms with Gasteiger partial charge in [-0.1, -0.05) is 13.8 Å². The van der Waals surface area contributed by atoms with Crippen LogP contribution in [0.3, 0.4) is 0 Å². The average Bonchev–Trinajstić information content (AvgIpc) is 2.81. The molecule has 0 bridgehead atoms. The van der Waals surface area contributed by atoms with Crippen LogP contribution in [0.4, 0.5) is 0 Å². The molecular formula is C14H28N2O2. The van der Waals surface area contributed by atoms with E-state index in [1.807, 2.05) is 0 Å². The summed E-state index contributed by atoms with van der Waals surface area (Å²) in [5, 5.41) is 0. The first kappa shape index (κ1) is 14.3. The first-order chi connectivity index (χ1) is 8.71. The molecule has 106 valence electrons. The van der Waals surface area contributed by atoms with Crippen LogP contribution >= 0.6 is 0 Å². The van der Waals surface area contributed by atoms with E-state index in [1.54, 1.807) is 0 Å². The van der Waals surface area contributed by atoms with Crippen molar-refractivity contribution in [2.24, 2.45) is 5.73 Å². The highest BCUT2D eigenvalue weighted by Crippen LogP contribution is 2.37. The van der Waals surface area contributed by atoms with Gasteiger partial charge in [0.15, 0.2) is 5.79 Å². The Balaban J connectivity index is 2.02. The SMILES string of the molecule is CCCN(CCC)C1CC2(CCC1N)OCCO2. The topological polar surface area (TPSA) is 47.7 Å². The zero-order valence-electron chi connectivity index (χ0n) is 11.9. The zero-order valence-corrected chi connectivity index (χ0v) is 11.9. The number of nitrogens with two attached hydrogens (primary N) is 1. The summed E-state index contributed by atoms with van der Waals surface area (Å²) in [4.78, 5) is 2.54. The third-order valence-electron chi connectivity index (χ3n) is 4.18. The smallest absolute Gasteiger partial charge is 0.170 e. The lowest BCUT2D eigenvalue weighted by Crippen LogP contribution is -2.56. The van der Waals surface area contributed by atoms with Crippen molar-refractivity contribution in [2.75, 3.05) is 26.3 Å². The van der Waals surface area contributed by atoms with Crippen LogP contribution in [0.25, 0.3) is 0 Å². The van der Waals surface area contributed by atoms with E-state index in [0.717, 1.165) is 45.6 Å². The molecule has 1 heterocycles. The Hall–Kier alpha value is -0.160. The predicted molar refractivity (Wildman–Crippen MR) is 72.4 cm³/mol. The Morgan fingerprint density at radius 2 is 1.78 bits per heavy atom. The summed E-state index contributed by atoms with van der Waals surface area (Å²) in [6.45, 7) is 8.20. The number of nitrogens with zero attached hydrogens (tertiary/aromatic N) is 1. The van der Waals surface area contributed by atoms with Gasteiger partial charge in [-0.05, 0) is 32.4 Å². The predicted octanol–water partition coefficient (Wildman–Crippen LogP) is 1.73. The minimum Gasteiger partial charge on any atom is -0.347 e. The van der Waals surface area contributed by atoms with Gasteiger partial charge in [0.25, 0.3) is 0 Å². The van der Waals surface area contributed by atoms with Crippen molar-refractivity contribution < 1.29 is 9.47 Å². The third kappa shape index (κ3) is 3.05. The Kier molecular flexibility index (Phi) is 5.01. The van der Waals surface area contributed by atoms with Gasteiger partial charge in [-0.3, -0.25) is 4.90 Å². The van der Waals surface area contributed by atoms with Crippen LogP contribution in [0.5, 0.6) is 0 Å². The highest BCUT2D eigenvalue weighted by atomic mass is 16.7. The molecule has 1 saturated heterocycles. The van der Waals surface area contributed by atoms with E-state index in [1.165, 1.54) is 12.8 Å². The van der Waals surface area contributed by atoms with Crippen molar-refractivity contribution in [3.05, 3.63) is 0 Å². The summed E-state index contributed by atoms with van der Waals surface area (Å²) in [7, 11) is 0. The Labute approximate surface area is 111 Å². The van der Waals surface area contributed by atoms with Crippen LogP contribution in [-0.2, 0) is 9.47 Å². The number of hydrogen-bond acceptors (Lipinski definition) is 4. The quantitative estimate of drug-likeness (QED) is 0.814. The average molecular weight is 256 g/mol. The summed E-state index contributed by atoms with van der Waals surface area (Å²) in [5.74, 6) is -0.319. The van der Waals surface area contributed by atoms with Crippen LogP contribution in [0, 0.1) is 0 Å². The fourth-order valence-corrected chi connectivity index (χ4v) is 3.33. The molecule has 1 saturated carbocycles. The lowest BCUT2D eigenvalue weighted by Gasteiger charge is -2.44. The first-order valence-electron chi connectivity index (χ1n) is 7.48. The van der Waals surface area contributed by atoms with Crippen LogP contribution in [0.15, 0.2) is 0 Å². The largest absolute Gasteiger partial charge is 0.347 e. The molecule has 0 aromatic rings. The highest BCUT2D eigenvalue weighted by Gasteiger charge is 2.45. The number of rotatable bonds is 5. The van der Waals surface area contributed by atoms with Gasteiger partial charge >= 0.3 is 0 Å². The minimum atomic E-state index is -0.319. The fourth-order valence-electron chi connectivity index (χ4n) is 3.33. The van der Waals surface area contributed by atoms with E-state index in [0.29, 0.717) is 6.04 Å². The van der Waals surface area contributed by atoms with Crippen molar-refractivity contribution in [1.82, 2.24) is 4.90 Å². The van der Waals surface area contributed by atoms with Crippen molar-refractivity contribution in [1.29, 1.82) is 0 Å². The molecule has 2 fully saturated rings. The van der Waals surface area contributed by atoms with Crippen molar-refractivity contribution in [3.8, 4) is 0 Å². The van der Waals surface area contributed by atoms with Crippen LogP contribution < -0.4 is 5.73 Å². The number of hydrogen-bond donors (Lipinski definition) is 1. The monoisotopic (exact) mass is 256 g/mol. The van der Waals surface area contributed by atoms with Gasteiger partial charge < -0.3 is 15.2 Å². The summed E-state index contributed by atoms with van der Waals surface area (Å²) in [6.07, 6.45) is 5.26. The second-order valence-electron chi connectivity index (χ2n) is 5.62. The van der Waals surface area contributed by atoms with E-state index in [9.17, 15) is 0 Å². The van der Waals surface area contributed by atoms with Gasteiger partial charge in [-0.2, -0.15) is 0 Å². The van der Waals surface area contributed by atoms with Crippen molar-refractivity contribution in [2.45, 2.75) is 63.8 Å². The lowest BCUT2D eigenvalue weighted by atomic mass is 9.85. The van der Waals surface area contributed by atoms with Crippen LogP contribution in [0.1, 0.15) is 46.0 Å². The molecule has 0 radical (unpaired) electrons. The zero-order chi connectivity index (χ0) is 13.0. The second-order valence-corrected chi connectivity index (χ2v) is 5.62. The molecule has 2 aliphatic rings. The van der Waals surface area contributed by atoms with E-state index in [4.69, 9.17) is 15.2 Å². The normalized spacial score (nSPS) is 31.3. The van der Waals surface area contributed by atoms with Crippen molar-refractivity contribution in [3.63, 3.8) is 0 Å². The van der Waals surface area contributed by atoms with Gasteiger partial charge in [0.2, 0.25) is 0 Å². The summed E-state index contributed by atoms with van der Waals surface area (Å²) < 4.78 is 11.7. The molecule has 18 heavy (non-hydrogen) atoms. The molecule has 1 aliphatic heterocycles. The Morgan fingerprint density at radius 3 is 2.33 bits per heavy atom. The molecule has 4 nitrogen and oxygen atoms in total. The van der Waals surface area contributed by atoms with Gasteiger partial charge in [0, 0.05) is 24.9 Å². The lowest BCUT2D eigenvalue weighted by molar-refractivity contribution is -0.191. The van der Waals surface area contributed by atoms with E-state index < -0.39 is 0 Å². The molecule has 2 unspecified atom stereocenters. The summed E-state index contributed by atoms with van der Waals surface area (Å²) in [6, 6.07) is 0.679. The fraction of sp³-hybridized carbons (Fsp3) is 1.00. The second kappa shape index (κ2) is 6.33. The van der Waals surface area contributed by atoms with Crippen LogP contribution in [0.2, 0.25) is 0 Å². The molecule has 2 rings (SSSR count). The molecular weight excluding hydrogens is 228 g/mol. The molecule has 4 heteroatoms. The maximum atomic E-state index is 6.34. The molecule has 1 spiro atoms. The molecule has 1 aliphatic carbocycles. The maximum Gasteiger partial charge on any atom is 0.170 e. The molecule has 0 aromatic carbocycles. The Morgan fingerprint density at radius 1 is 1.17 bits per heavy atom. The minimum absolute atomic E-state index is 0.265. The van der Waals surface area contributed by atoms with Crippen LogP contribution in [-0.4, -0.2) is 49.1 Å². The molecule has 0 amide bonds. The summed E-state index contributed by atoms with van der Waals surface area (Å²) >= 11 is 0. The van der Waals surface area contributed by atoms with E-state index in [-0.39, 0.29) is 11.8 Å².